The number of para-hydroxylation sites is 1. The lowest BCUT2D eigenvalue weighted by atomic mass is 10.1. The lowest BCUT2D eigenvalue weighted by Gasteiger charge is -2.28. The van der Waals surface area contributed by atoms with Crippen LogP contribution in [0.25, 0.3) is 0 Å². The van der Waals surface area contributed by atoms with Crippen LogP contribution in [-0.4, -0.2) is 83.2 Å². The van der Waals surface area contributed by atoms with E-state index in [0.29, 0.717) is 29.5 Å². The van der Waals surface area contributed by atoms with Gasteiger partial charge in [-0.25, -0.2) is 4.79 Å². The van der Waals surface area contributed by atoms with Crippen molar-refractivity contribution in [1.29, 1.82) is 0 Å². The highest BCUT2D eigenvalue weighted by atomic mass is 35.5. The van der Waals surface area contributed by atoms with E-state index in [4.69, 9.17) is 26.2 Å². The number of amides is 2. The van der Waals surface area contributed by atoms with Crippen LogP contribution in [0.1, 0.15) is 16.8 Å². The second kappa shape index (κ2) is 16.6. The van der Waals surface area contributed by atoms with E-state index < -0.39 is 12.1 Å². The normalized spacial score (nSPS) is 12.9. The third-order valence-electron chi connectivity index (χ3n) is 5.97. The van der Waals surface area contributed by atoms with Crippen molar-refractivity contribution in [2.75, 3.05) is 54.5 Å². The van der Waals surface area contributed by atoms with Crippen LogP contribution in [-0.2, 0) is 9.59 Å². The van der Waals surface area contributed by atoms with Gasteiger partial charge in [0.15, 0.2) is 0 Å². The average molecular weight is 639 g/mol. The molecule has 2 amide bonds. The van der Waals surface area contributed by atoms with Crippen molar-refractivity contribution in [2.45, 2.75) is 12.6 Å². The molecule has 43 heavy (non-hydrogen) atoms. The maximum absolute atomic E-state index is 13.6. The van der Waals surface area contributed by atoms with Crippen molar-refractivity contribution in [2.24, 2.45) is 0 Å². The number of carbonyl (C=O) groups is 3. The average Bonchev–Trinajstić information content (AvgIpc) is 3.00. The molecular formula is C29H30ClF3N4O5S. The molecule has 9 nitrogen and oxygen atoms in total. The third kappa shape index (κ3) is 11.3. The number of hydrogen-bond donors (Lipinski definition) is 2. The second-order valence-corrected chi connectivity index (χ2v) is 10.7. The van der Waals surface area contributed by atoms with Crippen LogP contribution in [0.4, 0.5) is 24.5 Å². The first-order valence-corrected chi connectivity index (χ1v) is 14.7. The minimum Gasteiger partial charge on any atom is -0.492 e. The number of ether oxygens (including phenoxy) is 1. The maximum Gasteiger partial charge on any atom is 0.490 e. The fraction of sp³-hybridized carbons (Fsp3) is 0.310. The van der Waals surface area contributed by atoms with Gasteiger partial charge >= 0.3 is 12.1 Å². The molecule has 2 aromatic carbocycles. The third-order valence-corrected chi connectivity index (χ3v) is 7.13. The Morgan fingerprint density at radius 3 is 2.33 bits per heavy atom. The van der Waals surface area contributed by atoms with Crippen molar-refractivity contribution >= 4 is 52.5 Å². The molecule has 4 rings (SSSR count). The van der Waals surface area contributed by atoms with Gasteiger partial charge in [0.1, 0.15) is 12.4 Å². The lowest BCUT2D eigenvalue weighted by Crippen LogP contribution is -2.40. The number of thioether (sulfide) groups is 1. The zero-order valence-electron chi connectivity index (χ0n) is 22.9. The van der Waals surface area contributed by atoms with Crippen LogP contribution in [0, 0.1) is 0 Å². The standard InChI is InChI=1S/C27H29ClN4O3S.C2HF3O2/c28-22-18-21(19-25(20-22)35-15-11-30-23-6-9-29-10-7-23)27(34)32(24-4-2-1-3-5-24)12-8-26(33)31-13-16-36-17-14-31;3-2(4,5)1(6)7/h1-7,9-10,18-20H,8,11-17H2,(H,29,30);(H,6,7). The molecule has 0 unspecified atom stereocenters. The van der Waals surface area contributed by atoms with Gasteiger partial charge in [-0.15, -0.1) is 0 Å². The minimum atomic E-state index is -5.08. The minimum absolute atomic E-state index is 0.0702. The van der Waals surface area contributed by atoms with Gasteiger partial charge in [-0.1, -0.05) is 29.8 Å². The molecule has 1 fully saturated rings. The molecule has 1 aliphatic heterocycles. The van der Waals surface area contributed by atoms with Gasteiger partial charge in [0, 0.05) is 78.5 Å². The lowest BCUT2D eigenvalue weighted by molar-refractivity contribution is -0.192. The molecule has 0 atom stereocenters. The van der Waals surface area contributed by atoms with Crippen molar-refractivity contribution in [3.05, 3.63) is 83.6 Å². The Morgan fingerprint density at radius 1 is 1.05 bits per heavy atom. The zero-order chi connectivity index (χ0) is 31.2. The summed E-state index contributed by atoms with van der Waals surface area (Å²) < 4.78 is 37.6. The number of rotatable bonds is 10. The molecule has 2 heterocycles. The molecule has 230 valence electrons. The molecule has 0 saturated carbocycles. The van der Waals surface area contributed by atoms with Crippen molar-refractivity contribution in [1.82, 2.24) is 9.88 Å². The van der Waals surface area contributed by atoms with Crippen LogP contribution >= 0.6 is 23.4 Å². The summed E-state index contributed by atoms with van der Waals surface area (Å²) in [6.45, 7) is 2.76. The number of aromatic nitrogens is 1. The number of anilines is 2. The van der Waals surface area contributed by atoms with Crippen LogP contribution in [0.15, 0.2) is 73.1 Å². The first-order valence-electron chi connectivity index (χ1n) is 13.1. The topological polar surface area (TPSA) is 112 Å². The molecule has 2 N–H and O–H groups in total. The number of carboxylic acids is 1. The highest BCUT2D eigenvalue weighted by molar-refractivity contribution is 7.99. The van der Waals surface area contributed by atoms with Crippen LogP contribution in [0.5, 0.6) is 5.75 Å². The molecule has 1 aliphatic rings. The molecule has 0 aliphatic carbocycles. The van der Waals surface area contributed by atoms with Gasteiger partial charge in [-0.2, -0.15) is 24.9 Å². The Labute approximate surface area is 256 Å². The molecule has 3 aromatic rings. The van der Waals surface area contributed by atoms with Gasteiger partial charge in [0.2, 0.25) is 5.91 Å². The van der Waals surface area contributed by atoms with Gasteiger partial charge in [0.05, 0.1) is 0 Å². The number of halogens is 4. The van der Waals surface area contributed by atoms with E-state index >= 15 is 0 Å². The number of aliphatic carboxylic acids is 1. The van der Waals surface area contributed by atoms with E-state index in [1.54, 1.807) is 35.5 Å². The fourth-order valence-corrected chi connectivity index (χ4v) is 5.02. The predicted molar refractivity (Wildman–Crippen MR) is 160 cm³/mol. The fourth-order valence-electron chi connectivity index (χ4n) is 3.89. The number of alkyl halides is 3. The number of nitrogens with zero attached hydrogens (tertiary/aromatic N) is 3. The highest BCUT2D eigenvalue weighted by Crippen LogP contribution is 2.25. The van der Waals surface area contributed by atoms with Crippen LogP contribution in [0.3, 0.4) is 0 Å². The smallest absolute Gasteiger partial charge is 0.490 e. The van der Waals surface area contributed by atoms with Gasteiger partial charge < -0.3 is 25.0 Å². The molecule has 0 spiro atoms. The number of hydrogen-bond acceptors (Lipinski definition) is 7. The SMILES string of the molecule is O=C(CCN(C(=O)c1cc(Cl)cc(OCCNc2ccncc2)c1)c1ccccc1)N1CCSCC1.O=C(O)C(F)(F)F. The molecule has 0 radical (unpaired) electrons. The number of carboxylic acid groups (broad SMARTS) is 1. The summed E-state index contributed by atoms with van der Waals surface area (Å²) in [6, 6.07) is 18.2. The Hall–Kier alpha value is -3.97. The van der Waals surface area contributed by atoms with E-state index in [-0.39, 0.29) is 24.8 Å². The van der Waals surface area contributed by atoms with Gasteiger partial charge in [-0.05, 0) is 42.5 Å². The zero-order valence-corrected chi connectivity index (χ0v) is 24.5. The number of carbonyl (C=O) groups excluding carboxylic acids is 2. The number of nitrogens with one attached hydrogen (secondary N) is 1. The van der Waals surface area contributed by atoms with Crippen LogP contribution < -0.4 is 15.0 Å². The van der Waals surface area contributed by atoms with E-state index in [0.717, 1.165) is 36.0 Å². The maximum atomic E-state index is 13.6. The predicted octanol–water partition coefficient (Wildman–Crippen LogP) is 5.47. The Bertz CT molecular complexity index is 1350. The number of pyridine rings is 1. The van der Waals surface area contributed by atoms with Gasteiger partial charge in [-0.3, -0.25) is 14.6 Å². The summed E-state index contributed by atoms with van der Waals surface area (Å²) in [5, 5.41) is 10.8. The summed E-state index contributed by atoms with van der Waals surface area (Å²) in [7, 11) is 0. The summed E-state index contributed by atoms with van der Waals surface area (Å²) >= 11 is 8.21. The second-order valence-electron chi connectivity index (χ2n) is 9.03. The van der Waals surface area contributed by atoms with Crippen molar-refractivity contribution in [3.63, 3.8) is 0 Å². The number of benzene rings is 2. The Balaban J connectivity index is 0.000000646. The molecule has 14 heteroatoms. The molecule has 1 saturated heterocycles. The molecular weight excluding hydrogens is 609 g/mol. The first-order chi connectivity index (χ1) is 20.5. The summed E-state index contributed by atoms with van der Waals surface area (Å²) in [6.07, 6.45) is -1.39. The first kappa shape index (κ1) is 33.5. The molecule has 1 aromatic heterocycles. The monoisotopic (exact) mass is 638 g/mol. The largest absolute Gasteiger partial charge is 0.492 e. The summed E-state index contributed by atoms with van der Waals surface area (Å²) in [4.78, 5) is 42.8. The molecule has 0 bridgehead atoms. The van der Waals surface area contributed by atoms with E-state index in [2.05, 4.69) is 10.3 Å². The van der Waals surface area contributed by atoms with E-state index in [1.807, 2.05) is 59.1 Å². The van der Waals surface area contributed by atoms with Gasteiger partial charge in [0.25, 0.3) is 5.91 Å². The van der Waals surface area contributed by atoms with Crippen molar-refractivity contribution in [3.8, 4) is 5.75 Å². The Morgan fingerprint density at radius 2 is 1.70 bits per heavy atom. The van der Waals surface area contributed by atoms with Crippen LogP contribution in [0.2, 0.25) is 5.02 Å². The van der Waals surface area contributed by atoms with E-state index in [1.165, 1.54) is 0 Å². The summed E-state index contributed by atoms with van der Waals surface area (Å²) in [5.74, 6) is -0.497. The van der Waals surface area contributed by atoms with Crippen molar-refractivity contribution < 1.29 is 37.4 Å². The Kier molecular flexibility index (Phi) is 13.0. The highest BCUT2D eigenvalue weighted by Gasteiger charge is 2.38. The van der Waals surface area contributed by atoms with E-state index in [9.17, 15) is 22.8 Å². The summed E-state index contributed by atoms with van der Waals surface area (Å²) in [5.41, 5.74) is 2.09. The quantitative estimate of drug-likeness (QED) is 0.281.